The van der Waals surface area contributed by atoms with Gasteiger partial charge in [0.15, 0.2) is 0 Å². The van der Waals surface area contributed by atoms with Crippen LogP contribution >= 0.6 is 0 Å². The molecule has 0 saturated carbocycles. The highest BCUT2D eigenvalue weighted by Crippen LogP contribution is 2.22. The van der Waals surface area contributed by atoms with Crippen LogP contribution in [0.15, 0.2) is 5.10 Å². The second-order valence-corrected chi connectivity index (χ2v) is 5.26. The number of likely N-dealkylation sites (tertiary alicyclic amines) is 1. The number of amidine groups is 1. The van der Waals surface area contributed by atoms with Gasteiger partial charge >= 0.3 is 6.09 Å². The molecule has 1 fully saturated rings. The number of hydrazone groups is 1. The molecule has 0 aromatic heterocycles. The second kappa shape index (κ2) is 3.54. The van der Waals surface area contributed by atoms with Crippen LogP contribution in [-0.2, 0) is 4.74 Å². The molecule has 0 bridgehead atoms. The molecule has 3 N–H and O–H groups in total. The van der Waals surface area contributed by atoms with Crippen molar-refractivity contribution in [2.45, 2.75) is 32.4 Å². The standard InChI is InChI=1S/C10H18N4O2/c1-10(2,3)16-9(15)14-4-6-7(5-14)12-13-8(6)11/h6-7,12H,4-5H2,1-3H3,(H2,11,13)/t6-,7-/m0/s1. The van der Waals surface area contributed by atoms with E-state index in [2.05, 4.69) is 10.5 Å². The van der Waals surface area contributed by atoms with Gasteiger partial charge in [0.2, 0.25) is 0 Å². The lowest BCUT2D eigenvalue weighted by molar-refractivity contribution is 0.0288. The Morgan fingerprint density at radius 3 is 2.81 bits per heavy atom. The Labute approximate surface area is 94.8 Å². The Morgan fingerprint density at radius 2 is 2.25 bits per heavy atom. The summed E-state index contributed by atoms with van der Waals surface area (Å²) < 4.78 is 5.30. The monoisotopic (exact) mass is 226 g/mol. The van der Waals surface area contributed by atoms with E-state index in [-0.39, 0.29) is 18.1 Å². The number of nitrogens with one attached hydrogen (secondary N) is 1. The van der Waals surface area contributed by atoms with Crippen LogP contribution in [-0.4, -0.2) is 41.6 Å². The zero-order valence-electron chi connectivity index (χ0n) is 9.86. The molecule has 2 heterocycles. The van der Waals surface area contributed by atoms with Crippen LogP contribution in [0, 0.1) is 5.92 Å². The van der Waals surface area contributed by atoms with Crippen LogP contribution in [0.5, 0.6) is 0 Å². The highest BCUT2D eigenvalue weighted by atomic mass is 16.6. The van der Waals surface area contributed by atoms with E-state index >= 15 is 0 Å². The van der Waals surface area contributed by atoms with Gasteiger partial charge in [-0.3, -0.25) is 0 Å². The lowest BCUT2D eigenvalue weighted by Gasteiger charge is -2.24. The predicted molar refractivity (Wildman–Crippen MR) is 59.8 cm³/mol. The van der Waals surface area contributed by atoms with E-state index in [0.29, 0.717) is 18.9 Å². The molecule has 6 heteroatoms. The molecule has 1 saturated heterocycles. The number of carbonyl (C=O) groups is 1. The number of nitrogens with two attached hydrogens (primary N) is 1. The van der Waals surface area contributed by atoms with Crippen molar-refractivity contribution in [3.8, 4) is 0 Å². The smallest absolute Gasteiger partial charge is 0.410 e. The summed E-state index contributed by atoms with van der Waals surface area (Å²) in [4.78, 5) is 13.5. The van der Waals surface area contributed by atoms with Gasteiger partial charge in [-0.15, -0.1) is 0 Å². The van der Waals surface area contributed by atoms with Crippen LogP contribution in [0.3, 0.4) is 0 Å². The Kier molecular flexibility index (Phi) is 2.44. The number of nitrogens with zero attached hydrogens (tertiary/aromatic N) is 2. The number of fused-ring (bicyclic) bond motifs is 1. The fraction of sp³-hybridized carbons (Fsp3) is 0.800. The molecule has 0 unspecified atom stereocenters. The molecule has 2 aliphatic rings. The number of amides is 1. The molecule has 0 spiro atoms. The van der Waals surface area contributed by atoms with Gasteiger partial charge < -0.3 is 20.8 Å². The first-order valence-electron chi connectivity index (χ1n) is 5.43. The first-order chi connectivity index (χ1) is 7.37. The Bertz CT molecular complexity index is 334. The average Bonchev–Trinajstić information content (AvgIpc) is 2.65. The Morgan fingerprint density at radius 1 is 1.56 bits per heavy atom. The summed E-state index contributed by atoms with van der Waals surface area (Å²) in [6.45, 7) is 6.76. The Balaban J connectivity index is 1.94. The van der Waals surface area contributed by atoms with Crippen molar-refractivity contribution >= 4 is 11.9 Å². The van der Waals surface area contributed by atoms with E-state index in [4.69, 9.17) is 10.5 Å². The van der Waals surface area contributed by atoms with Crippen molar-refractivity contribution in [1.29, 1.82) is 0 Å². The second-order valence-electron chi connectivity index (χ2n) is 5.26. The highest BCUT2D eigenvalue weighted by molar-refractivity contribution is 5.86. The van der Waals surface area contributed by atoms with Gasteiger partial charge in [-0.1, -0.05) is 0 Å². The molecule has 0 radical (unpaired) electrons. The summed E-state index contributed by atoms with van der Waals surface area (Å²) in [7, 11) is 0. The van der Waals surface area contributed by atoms with Crippen molar-refractivity contribution in [2.75, 3.05) is 13.1 Å². The fourth-order valence-corrected chi connectivity index (χ4v) is 1.95. The first-order valence-corrected chi connectivity index (χ1v) is 5.43. The van der Waals surface area contributed by atoms with Crippen LogP contribution in [0.4, 0.5) is 4.79 Å². The van der Waals surface area contributed by atoms with Gasteiger partial charge in [0.1, 0.15) is 11.4 Å². The van der Waals surface area contributed by atoms with Crippen LogP contribution in [0.25, 0.3) is 0 Å². The maximum atomic E-state index is 11.8. The summed E-state index contributed by atoms with van der Waals surface area (Å²) in [5.74, 6) is 0.712. The third kappa shape index (κ3) is 2.05. The minimum Gasteiger partial charge on any atom is -0.444 e. The van der Waals surface area contributed by atoms with Crippen molar-refractivity contribution in [2.24, 2.45) is 16.8 Å². The van der Waals surface area contributed by atoms with E-state index in [1.165, 1.54) is 0 Å². The predicted octanol–water partition coefficient (Wildman–Crippen LogP) is 0.0973. The van der Waals surface area contributed by atoms with Gasteiger partial charge in [0.25, 0.3) is 0 Å². The number of hydrogen-bond acceptors (Lipinski definition) is 5. The number of rotatable bonds is 0. The van der Waals surface area contributed by atoms with Gasteiger partial charge in [-0.05, 0) is 20.8 Å². The van der Waals surface area contributed by atoms with Gasteiger partial charge in [-0.2, -0.15) is 5.10 Å². The molecule has 0 aliphatic carbocycles. The Hall–Kier alpha value is -1.46. The van der Waals surface area contributed by atoms with E-state index < -0.39 is 5.60 Å². The lowest BCUT2D eigenvalue weighted by atomic mass is 10.1. The highest BCUT2D eigenvalue weighted by Gasteiger charge is 2.41. The zero-order valence-corrected chi connectivity index (χ0v) is 9.86. The van der Waals surface area contributed by atoms with Crippen LogP contribution in [0.1, 0.15) is 20.8 Å². The van der Waals surface area contributed by atoms with E-state index in [9.17, 15) is 4.79 Å². The summed E-state index contributed by atoms with van der Waals surface area (Å²) in [5, 5.41) is 3.95. The van der Waals surface area contributed by atoms with Gasteiger partial charge in [0, 0.05) is 13.1 Å². The maximum Gasteiger partial charge on any atom is 0.410 e. The number of carbonyl (C=O) groups excluding carboxylic acids is 1. The molecule has 16 heavy (non-hydrogen) atoms. The third-order valence-corrected chi connectivity index (χ3v) is 2.71. The molecule has 1 amide bonds. The largest absolute Gasteiger partial charge is 0.444 e. The van der Waals surface area contributed by atoms with Gasteiger partial charge in [-0.25, -0.2) is 4.79 Å². The molecule has 6 nitrogen and oxygen atoms in total. The molecular formula is C10H18N4O2. The summed E-state index contributed by atoms with van der Waals surface area (Å²) in [5.41, 5.74) is 8.19. The molecule has 0 aromatic rings. The maximum absolute atomic E-state index is 11.8. The molecule has 2 aliphatic heterocycles. The number of hydrogen-bond donors (Lipinski definition) is 2. The van der Waals surface area contributed by atoms with E-state index in [1.54, 1.807) is 4.90 Å². The SMILES string of the molecule is CC(C)(C)OC(=O)N1C[C@@H]2NN=C(N)[C@H]2C1. The molecule has 2 atom stereocenters. The summed E-state index contributed by atoms with van der Waals surface area (Å²) >= 11 is 0. The molecule has 2 rings (SSSR count). The van der Waals surface area contributed by atoms with E-state index in [0.717, 1.165) is 0 Å². The minimum absolute atomic E-state index is 0.132. The van der Waals surface area contributed by atoms with Crippen molar-refractivity contribution in [3.63, 3.8) is 0 Å². The first kappa shape index (κ1) is 11.0. The minimum atomic E-state index is -0.457. The lowest BCUT2D eigenvalue weighted by Crippen LogP contribution is -2.37. The summed E-state index contributed by atoms with van der Waals surface area (Å²) in [6, 6.07) is 0.146. The van der Waals surface area contributed by atoms with Crippen molar-refractivity contribution < 1.29 is 9.53 Å². The van der Waals surface area contributed by atoms with Crippen LogP contribution in [0.2, 0.25) is 0 Å². The average molecular weight is 226 g/mol. The van der Waals surface area contributed by atoms with Crippen molar-refractivity contribution in [3.05, 3.63) is 0 Å². The van der Waals surface area contributed by atoms with E-state index in [1.807, 2.05) is 20.8 Å². The normalized spacial score (nSPS) is 28.4. The molecular weight excluding hydrogens is 208 g/mol. The quantitative estimate of drug-likeness (QED) is 0.614. The third-order valence-electron chi connectivity index (χ3n) is 2.71. The van der Waals surface area contributed by atoms with Crippen LogP contribution < -0.4 is 11.2 Å². The molecule has 0 aromatic carbocycles. The zero-order chi connectivity index (χ0) is 11.9. The topological polar surface area (TPSA) is 80.0 Å². The molecule has 90 valence electrons. The summed E-state index contributed by atoms with van der Waals surface area (Å²) in [6.07, 6.45) is -0.281. The van der Waals surface area contributed by atoms with Gasteiger partial charge in [0.05, 0.1) is 12.0 Å². The number of ether oxygens (including phenoxy) is 1. The fourth-order valence-electron chi connectivity index (χ4n) is 1.95. The van der Waals surface area contributed by atoms with Crippen molar-refractivity contribution in [1.82, 2.24) is 10.3 Å².